The van der Waals surface area contributed by atoms with Crippen LogP contribution in [0.1, 0.15) is 20.8 Å². The molecular weight excluding hydrogens is 254 g/mol. The average molecular weight is 273 g/mol. The first kappa shape index (κ1) is 14.0. The molecule has 0 unspecified atom stereocenters. The second-order valence-electron chi connectivity index (χ2n) is 5.65. The largest absolute Gasteiger partial charge is 0.399 e. The maximum absolute atomic E-state index is 11.8. The van der Waals surface area contributed by atoms with Gasteiger partial charge >= 0.3 is 0 Å². The monoisotopic (exact) mass is 273 g/mol. The molecule has 20 heavy (non-hydrogen) atoms. The van der Waals surface area contributed by atoms with E-state index < -0.39 is 0 Å². The van der Waals surface area contributed by atoms with Gasteiger partial charge in [-0.25, -0.2) is 9.97 Å². The maximum atomic E-state index is 11.8. The summed E-state index contributed by atoms with van der Waals surface area (Å²) in [7, 11) is 0. The standard InChI is InChI=1S/C14H19N5O/c1-14(2,3)19-12(20)7-16-13-10-6-9(15)4-5-11(10)17-8-18-13/h4-6,8H,7,15H2,1-3H3,(H,19,20)(H,16,17,18). The van der Waals surface area contributed by atoms with Gasteiger partial charge in [0.15, 0.2) is 0 Å². The van der Waals surface area contributed by atoms with E-state index in [1.165, 1.54) is 6.33 Å². The third kappa shape index (κ3) is 3.57. The highest BCUT2D eigenvalue weighted by Gasteiger charge is 2.13. The molecule has 1 aromatic heterocycles. The molecule has 1 aromatic carbocycles. The van der Waals surface area contributed by atoms with Crippen LogP contribution in [0.3, 0.4) is 0 Å². The van der Waals surface area contributed by atoms with E-state index in [-0.39, 0.29) is 18.0 Å². The topological polar surface area (TPSA) is 92.9 Å². The third-order valence-corrected chi connectivity index (χ3v) is 2.59. The second kappa shape index (κ2) is 5.32. The predicted molar refractivity (Wildman–Crippen MR) is 80.3 cm³/mol. The summed E-state index contributed by atoms with van der Waals surface area (Å²) in [6.45, 7) is 5.96. The molecule has 1 heterocycles. The fourth-order valence-electron chi connectivity index (χ4n) is 1.84. The van der Waals surface area contributed by atoms with Crippen LogP contribution in [0.4, 0.5) is 11.5 Å². The molecule has 0 spiro atoms. The summed E-state index contributed by atoms with van der Waals surface area (Å²) in [6, 6.07) is 5.40. The first-order valence-electron chi connectivity index (χ1n) is 6.40. The fraction of sp³-hybridized carbons (Fsp3) is 0.357. The molecule has 0 radical (unpaired) electrons. The molecule has 0 aliphatic heterocycles. The van der Waals surface area contributed by atoms with Crippen molar-refractivity contribution in [1.29, 1.82) is 0 Å². The molecule has 0 atom stereocenters. The van der Waals surface area contributed by atoms with Crippen LogP contribution in [-0.2, 0) is 4.79 Å². The number of hydrogen-bond acceptors (Lipinski definition) is 5. The molecule has 0 saturated heterocycles. The molecule has 0 aliphatic carbocycles. The van der Waals surface area contributed by atoms with Crippen molar-refractivity contribution in [2.45, 2.75) is 26.3 Å². The van der Waals surface area contributed by atoms with Crippen molar-refractivity contribution in [3.8, 4) is 0 Å². The van der Waals surface area contributed by atoms with Crippen molar-refractivity contribution >= 4 is 28.3 Å². The number of anilines is 2. The Morgan fingerprint density at radius 3 is 2.75 bits per heavy atom. The van der Waals surface area contributed by atoms with Crippen LogP contribution in [0.2, 0.25) is 0 Å². The van der Waals surface area contributed by atoms with E-state index in [1.54, 1.807) is 12.1 Å². The van der Waals surface area contributed by atoms with Gasteiger partial charge in [-0.05, 0) is 39.0 Å². The molecule has 2 rings (SSSR count). The smallest absolute Gasteiger partial charge is 0.239 e. The number of fused-ring (bicyclic) bond motifs is 1. The van der Waals surface area contributed by atoms with Gasteiger partial charge in [0.1, 0.15) is 12.1 Å². The number of nitrogen functional groups attached to an aromatic ring is 1. The average Bonchev–Trinajstić information content (AvgIpc) is 2.34. The van der Waals surface area contributed by atoms with Gasteiger partial charge in [0, 0.05) is 16.6 Å². The Bertz CT molecular complexity index is 633. The van der Waals surface area contributed by atoms with Crippen LogP contribution < -0.4 is 16.4 Å². The van der Waals surface area contributed by atoms with Crippen molar-refractivity contribution in [2.75, 3.05) is 17.6 Å². The van der Waals surface area contributed by atoms with Crippen molar-refractivity contribution in [3.63, 3.8) is 0 Å². The Morgan fingerprint density at radius 1 is 1.30 bits per heavy atom. The first-order chi connectivity index (χ1) is 9.35. The van der Waals surface area contributed by atoms with Gasteiger partial charge in [-0.3, -0.25) is 4.79 Å². The van der Waals surface area contributed by atoms with Crippen molar-refractivity contribution in [2.24, 2.45) is 0 Å². The van der Waals surface area contributed by atoms with E-state index in [4.69, 9.17) is 5.73 Å². The van der Waals surface area contributed by atoms with Crippen LogP contribution in [0, 0.1) is 0 Å². The number of rotatable bonds is 3. The lowest BCUT2D eigenvalue weighted by atomic mass is 10.1. The lowest BCUT2D eigenvalue weighted by Gasteiger charge is -2.20. The normalized spacial score (nSPS) is 11.3. The van der Waals surface area contributed by atoms with Crippen molar-refractivity contribution in [3.05, 3.63) is 24.5 Å². The summed E-state index contributed by atoms with van der Waals surface area (Å²) in [6.07, 6.45) is 1.46. The zero-order valence-electron chi connectivity index (χ0n) is 11.9. The summed E-state index contributed by atoms with van der Waals surface area (Å²) >= 11 is 0. The number of nitrogens with zero attached hydrogens (tertiary/aromatic N) is 2. The summed E-state index contributed by atoms with van der Waals surface area (Å²) in [5.41, 5.74) is 6.94. The van der Waals surface area contributed by atoms with Crippen LogP contribution in [0.15, 0.2) is 24.5 Å². The van der Waals surface area contributed by atoms with Gasteiger partial charge in [0.25, 0.3) is 0 Å². The fourth-order valence-corrected chi connectivity index (χ4v) is 1.84. The molecule has 2 aromatic rings. The summed E-state index contributed by atoms with van der Waals surface area (Å²) in [5.74, 6) is 0.513. The zero-order valence-corrected chi connectivity index (χ0v) is 11.9. The lowest BCUT2D eigenvalue weighted by Crippen LogP contribution is -2.43. The van der Waals surface area contributed by atoms with E-state index >= 15 is 0 Å². The van der Waals surface area contributed by atoms with E-state index in [1.807, 2.05) is 26.8 Å². The van der Waals surface area contributed by atoms with Gasteiger partial charge in [-0.1, -0.05) is 0 Å². The predicted octanol–water partition coefficient (Wildman–Crippen LogP) is 1.54. The first-order valence-corrected chi connectivity index (χ1v) is 6.40. The number of hydrogen-bond donors (Lipinski definition) is 3. The highest BCUT2D eigenvalue weighted by atomic mass is 16.2. The molecule has 6 nitrogen and oxygen atoms in total. The minimum atomic E-state index is -0.253. The third-order valence-electron chi connectivity index (χ3n) is 2.59. The number of benzene rings is 1. The van der Waals surface area contributed by atoms with E-state index in [9.17, 15) is 4.79 Å². The second-order valence-corrected chi connectivity index (χ2v) is 5.65. The molecule has 0 saturated carbocycles. The zero-order chi connectivity index (χ0) is 14.8. The number of amides is 1. The van der Waals surface area contributed by atoms with Crippen molar-refractivity contribution < 1.29 is 4.79 Å². The molecule has 0 bridgehead atoms. The minimum absolute atomic E-state index is 0.0897. The highest BCUT2D eigenvalue weighted by Crippen LogP contribution is 2.21. The van der Waals surface area contributed by atoms with E-state index in [0.717, 1.165) is 10.9 Å². The quantitative estimate of drug-likeness (QED) is 0.738. The van der Waals surface area contributed by atoms with Crippen LogP contribution in [0.25, 0.3) is 10.9 Å². The molecule has 0 fully saturated rings. The SMILES string of the molecule is CC(C)(C)NC(=O)CNc1ncnc2ccc(N)cc12. The van der Waals surface area contributed by atoms with Crippen LogP contribution in [0.5, 0.6) is 0 Å². The molecule has 106 valence electrons. The maximum Gasteiger partial charge on any atom is 0.239 e. The van der Waals surface area contributed by atoms with Crippen LogP contribution in [-0.4, -0.2) is 28.0 Å². The molecule has 6 heteroatoms. The Kier molecular flexibility index (Phi) is 3.74. The van der Waals surface area contributed by atoms with Gasteiger partial charge in [-0.15, -0.1) is 0 Å². The van der Waals surface area contributed by atoms with E-state index in [0.29, 0.717) is 11.5 Å². The minimum Gasteiger partial charge on any atom is -0.399 e. The summed E-state index contributed by atoms with van der Waals surface area (Å²) in [4.78, 5) is 20.1. The number of carbonyl (C=O) groups excluding carboxylic acids is 1. The number of nitrogens with two attached hydrogens (primary N) is 1. The van der Waals surface area contributed by atoms with Gasteiger partial charge in [0.05, 0.1) is 12.1 Å². The summed E-state index contributed by atoms with van der Waals surface area (Å²) in [5, 5.41) is 6.70. The van der Waals surface area contributed by atoms with Gasteiger partial charge in [-0.2, -0.15) is 0 Å². The van der Waals surface area contributed by atoms with Gasteiger partial charge in [0.2, 0.25) is 5.91 Å². The number of nitrogens with one attached hydrogen (secondary N) is 2. The van der Waals surface area contributed by atoms with E-state index in [2.05, 4.69) is 20.6 Å². The van der Waals surface area contributed by atoms with Crippen LogP contribution >= 0.6 is 0 Å². The Morgan fingerprint density at radius 2 is 2.05 bits per heavy atom. The summed E-state index contributed by atoms with van der Waals surface area (Å²) < 4.78 is 0. The number of carbonyl (C=O) groups is 1. The number of aromatic nitrogens is 2. The lowest BCUT2D eigenvalue weighted by molar-refractivity contribution is -0.120. The molecular formula is C14H19N5O. The molecule has 1 amide bonds. The Labute approximate surface area is 117 Å². The molecule has 0 aliphatic rings. The Balaban J connectivity index is 2.14. The van der Waals surface area contributed by atoms with Crippen molar-refractivity contribution in [1.82, 2.24) is 15.3 Å². The van der Waals surface area contributed by atoms with Gasteiger partial charge < -0.3 is 16.4 Å². The molecule has 4 N–H and O–H groups in total. The Hall–Kier alpha value is -2.37. The highest BCUT2D eigenvalue weighted by molar-refractivity contribution is 5.92.